The highest BCUT2D eigenvalue weighted by molar-refractivity contribution is 7.89. The minimum atomic E-state index is -4.00. The van der Waals surface area contributed by atoms with E-state index in [1.807, 2.05) is 0 Å². The maximum Gasteiger partial charge on any atom is 0.276 e. The molecule has 4 rings (SSSR count). The van der Waals surface area contributed by atoms with E-state index in [9.17, 15) is 27.1 Å². The van der Waals surface area contributed by atoms with Gasteiger partial charge in [-0.2, -0.15) is 4.31 Å². The fraction of sp³-hybridized carbons (Fsp3) is 0.286. The van der Waals surface area contributed by atoms with Crippen molar-refractivity contribution in [2.45, 2.75) is 36.9 Å². The summed E-state index contributed by atoms with van der Waals surface area (Å²) in [5.41, 5.74) is 0.642. The number of amides is 1. The van der Waals surface area contributed by atoms with Gasteiger partial charge in [-0.25, -0.2) is 17.2 Å². The average molecular weight is 450 g/mol. The van der Waals surface area contributed by atoms with Crippen LogP contribution in [0.4, 0.5) is 8.78 Å². The number of hydrogen-bond donors (Lipinski definition) is 2. The molecule has 0 saturated carbocycles. The minimum Gasteiger partial charge on any atom is -0.508 e. The van der Waals surface area contributed by atoms with Gasteiger partial charge in [0.05, 0.1) is 0 Å². The summed E-state index contributed by atoms with van der Waals surface area (Å²) in [6, 6.07) is 7.94. The van der Waals surface area contributed by atoms with Crippen LogP contribution in [0.5, 0.6) is 5.75 Å². The quantitative estimate of drug-likeness (QED) is 0.601. The summed E-state index contributed by atoms with van der Waals surface area (Å²) in [5.74, 6) is -1.77. The van der Waals surface area contributed by atoms with E-state index in [4.69, 9.17) is 4.42 Å². The number of aromatic hydroxyl groups is 1. The van der Waals surface area contributed by atoms with Gasteiger partial charge < -0.3 is 14.8 Å². The molecule has 2 heterocycles. The molecule has 1 fully saturated rings. The van der Waals surface area contributed by atoms with Crippen LogP contribution in [-0.2, 0) is 21.4 Å². The van der Waals surface area contributed by atoms with Gasteiger partial charge in [0.1, 0.15) is 23.0 Å². The van der Waals surface area contributed by atoms with E-state index >= 15 is 0 Å². The molecule has 1 aliphatic heterocycles. The molecule has 10 heteroatoms. The van der Waals surface area contributed by atoms with Crippen molar-refractivity contribution in [3.8, 4) is 5.75 Å². The maximum atomic E-state index is 13.4. The van der Waals surface area contributed by atoms with Gasteiger partial charge in [0, 0.05) is 43.1 Å². The number of sulfonamides is 1. The molecule has 1 saturated heterocycles. The molecule has 0 bridgehead atoms. The van der Waals surface area contributed by atoms with Crippen molar-refractivity contribution in [3.05, 3.63) is 59.7 Å². The van der Waals surface area contributed by atoms with Crippen LogP contribution in [0.15, 0.2) is 52.0 Å². The number of benzene rings is 2. The Hall–Kier alpha value is -2.98. The Morgan fingerprint density at radius 2 is 1.97 bits per heavy atom. The second-order valence-corrected chi connectivity index (χ2v) is 9.28. The number of carbonyl (C=O) groups is 1. The Balaban J connectivity index is 1.45. The van der Waals surface area contributed by atoms with Crippen molar-refractivity contribution in [2.75, 3.05) is 6.54 Å². The highest BCUT2D eigenvalue weighted by Crippen LogP contribution is 2.31. The van der Waals surface area contributed by atoms with Gasteiger partial charge in [0.2, 0.25) is 11.0 Å². The lowest BCUT2D eigenvalue weighted by Gasteiger charge is -2.22. The minimum absolute atomic E-state index is 0.00123. The molecule has 3 aromatic rings. The average Bonchev–Trinajstić information content (AvgIpc) is 3.33. The van der Waals surface area contributed by atoms with Crippen LogP contribution >= 0.6 is 0 Å². The highest BCUT2D eigenvalue weighted by Gasteiger charge is 2.38. The van der Waals surface area contributed by atoms with Crippen molar-refractivity contribution in [3.63, 3.8) is 0 Å². The second-order valence-electron chi connectivity index (χ2n) is 7.46. The van der Waals surface area contributed by atoms with E-state index in [-0.39, 0.29) is 35.9 Å². The zero-order valence-electron chi connectivity index (χ0n) is 16.3. The van der Waals surface area contributed by atoms with Crippen LogP contribution in [-0.4, -0.2) is 36.3 Å². The number of rotatable bonds is 6. The van der Waals surface area contributed by atoms with Gasteiger partial charge in [0.25, 0.3) is 10.0 Å². The molecule has 2 N–H and O–H groups in total. The van der Waals surface area contributed by atoms with Crippen molar-refractivity contribution >= 4 is 26.9 Å². The normalized spacial score (nSPS) is 17.3. The Morgan fingerprint density at radius 3 is 2.74 bits per heavy atom. The van der Waals surface area contributed by atoms with Crippen LogP contribution in [0.25, 0.3) is 11.0 Å². The number of nitrogens with one attached hydrogen (secondary N) is 1. The van der Waals surface area contributed by atoms with Gasteiger partial charge >= 0.3 is 0 Å². The first-order chi connectivity index (χ1) is 14.7. The Kier molecular flexibility index (Phi) is 5.67. The molecule has 0 aliphatic carbocycles. The van der Waals surface area contributed by atoms with Crippen LogP contribution < -0.4 is 5.32 Å². The molecular formula is C21H20F2N2O5S. The highest BCUT2D eigenvalue weighted by atomic mass is 32.2. The largest absolute Gasteiger partial charge is 0.508 e. The summed E-state index contributed by atoms with van der Waals surface area (Å²) >= 11 is 0. The lowest BCUT2D eigenvalue weighted by molar-refractivity contribution is -0.122. The third-order valence-corrected chi connectivity index (χ3v) is 7.00. The van der Waals surface area contributed by atoms with Gasteiger partial charge in [-0.15, -0.1) is 0 Å². The fourth-order valence-corrected chi connectivity index (χ4v) is 5.43. The lowest BCUT2D eigenvalue weighted by Crippen LogP contribution is -2.38. The Bertz CT molecular complexity index is 1220. The van der Waals surface area contributed by atoms with E-state index < -0.39 is 33.6 Å². The third kappa shape index (κ3) is 4.54. The predicted octanol–water partition coefficient (Wildman–Crippen LogP) is 3.28. The van der Waals surface area contributed by atoms with E-state index in [0.29, 0.717) is 23.8 Å². The van der Waals surface area contributed by atoms with Crippen LogP contribution in [0.1, 0.15) is 24.8 Å². The fourth-order valence-electron chi connectivity index (χ4n) is 3.78. The van der Waals surface area contributed by atoms with Crippen LogP contribution in [0.2, 0.25) is 0 Å². The topological polar surface area (TPSA) is 99.9 Å². The summed E-state index contributed by atoms with van der Waals surface area (Å²) in [6.07, 6.45) is 1.02. The SMILES string of the molecule is O=C(C[C@@H]1CCCN1S(=O)(=O)c1cc2cc(F)ccc2o1)NCc1cc(O)cc(F)c1. The van der Waals surface area contributed by atoms with E-state index in [2.05, 4.69) is 5.32 Å². The molecule has 164 valence electrons. The summed E-state index contributed by atoms with van der Waals surface area (Å²) in [5, 5.41) is 12.1. The summed E-state index contributed by atoms with van der Waals surface area (Å²) < 4.78 is 59.6. The molecule has 0 unspecified atom stereocenters. The molecule has 7 nitrogen and oxygen atoms in total. The first-order valence-electron chi connectivity index (χ1n) is 9.68. The third-order valence-electron chi connectivity index (χ3n) is 5.19. The maximum absolute atomic E-state index is 13.4. The van der Waals surface area contributed by atoms with Crippen molar-refractivity contribution in [1.29, 1.82) is 0 Å². The first-order valence-corrected chi connectivity index (χ1v) is 11.1. The van der Waals surface area contributed by atoms with Gasteiger partial charge in [-0.05, 0) is 48.7 Å². The van der Waals surface area contributed by atoms with Crippen molar-refractivity contribution < 1.29 is 31.5 Å². The van der Waals surface area contributed by atoms with E-state index in [1.165, 1.54) is 40.7 Å². The number of phenols is 1. The van der Waals surface area contributed by atoms with Gasteiger partial charge in [0.15, 0.2) is 0 Å². The predicted molar refractivity (Wildman–Crippen MR) is 108 cm³/mol. The summed E-state index contributed by atoms with van der Waals surface area (Å²) in [6.45, 7) is 0.238. The number of carbonyl (C=O) groups excluding carboxylic acids is 1. The molecule has 0 spiro atoms. The number of hydrogen-bond acceptors (Lipinski definition) is 5. The molecule has 0 radical (unpaired) electrons. The molecule has 1 aromatic heterocycles. The van der Waals surface area contributed by atoms with Crippen LogP contribution in [0.3, 0.4) is 0 Å². The number of furan rings is 1. The zero-order valence-corrected chi connectivity index (χ0v) is 17.2. The van der Waals surface area contributed by atoms with Gasteiger partial charge in [-0.3, -0.25) is 4.79 Å². The number of fused-ring (bicyclic) bond motifs is 1. The monoisotopic (exact) mass is 450 g/mol. The summed E-state index contributed by atoms with van der Waals surface area (Å²) in [4.78, 5) is 12.4. The van der Waals surface area contributed by atoms with E-state index in [0.717, 1.165) is 6.07 Å². The molecular weight excluding hydrogens is 430 g/mol. The second kappa shape index (κ2) is 8.27. The first kappa shape index (κ1) is 21.3. The summed E-state index contributed by atoms with van der Waals surface area (Å²) in [7, 11) is -4.00. The molecule has 2 aromatic carbocycles. The van der Waals surface area contributed by atoms with Crippen molar-refractivity contribution in [1.82, 2.24) is 9.62 Å². The number of halogens is 2. The molecule has 1 aliphatic rings. The van der Waals surface area contributed by atoms with E-state index in [1.54, 1.807) is 0 Å². The van der Waals surface area contributed by atoms with Crippen LogP contribution in [0, 0.1) is 11.6 Å². The molecule has 1 amide bonds. The lowest BCUT2D eigenvalue weighted by atomic mass is 10.1. The van der Waals surface area contributed by atoms with Crippen molar-refractivity contribution in [2.24, 2.45) is 0 Å². The Labute approximate surface area is 177 Å². The molecule has 31 heavy (non-hydrogen) atoms. The Morgan fingerprint density at radius 1 is 1.16 bits per heavy atom. The number of nitrogens with zero attached hydrogens (tertiary/aromatic N) is 1. The number of phenolic OH excluding ortho intramolecular Hbond substituents is 1. The standard InChI is InChI=1S/C21H20F2N2O5S/c22-15-3-4-19-14(8-15)9-21(30-19)31(28,29)25-5-1-2-17(25)11-20(27)24-12-13-6-16(23)10-18(26)7-13/h3-4,6-10,17,26H,1-2,5,11-12H2,(H,24,27)/t17-/m0/s1. The smallest absolute Gasteiger partial charge is 0.276 e. The zero-order chi connectivity index (χ0) is 22.2. The van der Waals surface area contributed by atoms with Gasteiger partial charge in [-0.1, -0.05) is 0 Å². The molecule has 1 atom stereocenters.